The predicted molar refractivity (Wildman–Crippen MR) is 163 cm³/mol. The summed E-state index contributed by atoms with van der Waals surface area (Å²) in [6.45, 7) is 0. The lowest BCUT2D eigenvalue weighted by molar-refractivity contribution is 1.13. The molecule has 0 unspecified atom stereocenters. The molecule has 8 rings (SSSR count). The second-order valence-corrected chi connectivity index (χ2v) is 10.0. The van der Waals surface area contributed by atoms with Crippen molar-refractivity contribution in [3.8, 4) is 28.6 Å². The fourth-order valence-electron chi connectivity index (χ4n) is 6.01. The van der Waals surface area contributed by atoms with Crippen LogP contribution in [0.2, 0.25) is 0 Å². The van der Waals surface area contributed by atoms with Crippen LogP contribution in [0, 0.1) is 11.3 Å². The molecule has 0 radical (unpaired) electrons. The molecule has 0 saturated carbocycles. The number of hydrogen-bond donors (Lipinski definition) is 0. The number of nitrogens with zero attached hydrogens (tertiary/aromatic N) is 4. The normalized spacial score (nSPS) is 11.5. The Kier molecular flexibility index (Phi) is 4.85. The third-order valence-electron chi connectivity index (χ3n) is 7.78. The maximum atomic E-state index is 9.49. The number of fused-ring (bicyclic) bond motifs is 6. The van der Waals surface area contributed by atoms with Crippen molar-refractivity contribution in [2.24, 2.45) is 0 Å². The second-order valence-electron chi connectivity index (χ2n) is 10.0. The van der Waals surface area contributed by atoms with Gasteiger partial charge in [-0.05, 0) is 77.9 Å². The van der Waals surface area contributed by atoms with Crippen LogP contribution in [-0.2, 0) is 0 Å². The first-order valence-corrected chi connectivity index (χ1v) is 13.3. The summed E-state index contributed by atoms with van der Waals surface area (Å²) in [4.78, 5) is 4.74. The van der Waals surface area contributed by atoms with E-state index in [-0.39, 0.29) is 0 Å². The number of benzene rings is 5. The molecule has 0 atom stereocenters. The molecule has 4 heteroatoms. The number of nitriles is 1. The van der Waals surface area contributed by atoms with Crippen molar-refractivity contribution in [1.82, 2.24) is 14.1 Å². The average molecular weight is 511 g/mol. The van der Waals surface area contributed by atoms with Gasteiger partial charge in [-0.2, -0.15) is 5.26 Å². The Morgan fingerprint density at radius 1 is 0.500 bits per heavy atom. The van der Waals surface area contributed by atoms with E-state index in [4.69, 9.17) is 4.98 Å². The predicted octanol–water partition coefficient (Wildman–Crippen LogP) is 8.81. The quantitative estimate of drug-likeness (QED) is 0.238. The highest BCUT2D eigenvalue weighted by molar-refractivity contribution is 6.11. The van der Waals surface area contributed by atoms with Crippen molar-refractivity contribution < 1.29 is 0 Å². The van der Waals surface area contributed by atoms with E-state index in [1.165, 1.54) is 21.8 Å². The zero-order valence-corrected chi connectivity index (χ0v) is 21.5. The first kappa shape index (κ1) is 22.3. The molecular formula is C36H22N4. The molecule has 0 fully saturated rings. The van der Waals surface area contributed by atoms with E-state index in [1.807, 2.05) is 36.5 Å². The molecule has 8 aromatic rings. The SMILES string of the molecule is N#Cc1cccc(-n2c3ccc(-c4ccc5c6ccccc6n(-c6ccccc6)c5c4)cc3c3cccnc32)c1. The molecule has 40 heavy (non-hydrogen) atoms. The van der Waals surface area contributed by atoms with Gasteiger partial charge in [0.25, 0.3) is 0 Å². The van der Waals surface area contributed by atoms with Gasteiger partial charge in [-0.1, -0.05) is 60.7 Å². The Hall–Kier alpha value is -5.66. The minimum Gasteiger partial charge on any atom is -0.309 e. The van der Waals surface area contributed by atoms with Crippen LogP contribution in [0.25, 0.3) is 66.2 Å². The third-order valence-corrected chi connectivity index (χ3v) is 7.78. The van der Waals surface area contributed by atoms with E-state index < -0.39 is 0 Å². The van der Waals surface area contributed by atoms with Crippen molar-refractivity contribution in [3.05, 3.63) is 139 Å². The van der Waals surface area contributed by atoms with E-state index in [0.717, 1.165) is 44.4 Å². The highest BCUT2D eigenvalue weighted by atomic mass is 15.0. The lowest BCUT2D eigenvalue weighted by Gasteiger charge is -2.10. The fraction of sp³-hybridized carbons (Fsp3) is 0. The van der Waals surface area contributed by atoms with Crippen LogP contribution in [0.4, 0.5) is 0 Å². The number of rotatable bonds is 3. The summed E-state index contributed by atoms with van der Waals surface area (Å²) in [7, 11) is 0. The summed E-state index contributed by atoms with van der Waals surface area (Å²) in [6, 6.07) is 46.6. The maximum Gasteiger partial charge on any atom is 0.145 e. The Morgan fingerprint density at radius 2 is 1.23 bits per heavy atom. The van der Waals surface area contributed by atoms with Gasteiger partial charge in [-0.3, -0.25) is 4.57 Å². The van der Waals surface area contributed by atoms with Crippen molar-refractivity contribution in [1.29, 1.82) is 5.26 Å². The number of hydrogen-bond acceptors (Lipinski definition) is 2. The van der Waals surface area contributed by atoms with E-state index in [1.54, 1.807) is 0 Å². The lowest BCUT2D eigenvalue weighted by Crippen LogP contribution is -1.95. The van der Waals surface area contributed by atoms with Crippen LogP contribution in [-0.4, -0.2) is 14.1 Å². The molecular weight excluding hydrogens is 488 g/mol. The highest BCUT2D eigenvalue weighted by Gasteiger charge is 2.16. The van der Waals surface area contributed by atoms with E-state index in [2.05, 4.69) is 112 Å². The Morgan fingerprint density at radius 3 is 2.12 bits per heavy atom. The smallest absolute Gasteiger partial charge is 0.145 e. The van der Waals surface area contributed by atoms with Crippen molar-refractivity contribution >= 4 is 43.7 Å². The van der Waals surface area contributed by atoms with Gasteiger partial charge in [0, 0.05) is 39.1 Å². The number of pyridine rings is 1. The molecule has 0 bridgehead atoms. The molecule has 0 saturated heterocycles. The largest absolute Gasteiger partial charge is 0.309 e. The van der Waals surface area contributed by atoms with E-state index in [0.29, 0.717) is 5.56 Å². The average Bonchev–Trinajstić information content (AvgIpc) is 3.53. The summed E-state index contributed by atoms with van der Waals surface area (Å²) >= 11 is 0. The summed E-state index contributed by atoms with van der Waals surface area (Å²) in [5.41, 5.74) is 9.33. The van der Waals surface area contributed by atoms with Crippen LogP contribution in [0.3, 0.4) is 0 Å². The Labute approximate surface area is 230 Å². The van der Waals surface area contributed by atoms with Gasteiger partial charge in [0.15, 0.2) is 0 Å². The van der Waals surface area contributed by atoms with Crippen molar-refractivity contribution in [2.75, 3.05) is 0 Å². The molecule has 5 aromatic carbocycles. The Bertz CT molecular complexity index is 2280. The van der Waals surface area contributed by atoms with Crippen LogP contribution in [0.1, 0.15) is 5.56 Å². The molecule has 3 heterocycles. The molecule has 0 amide bonds. The first-order valence-electron chi connectivity index (χ1n) is 13.3. The van der Waals surface area contributed by atoms with Gasteiger partial charge in [0.05, 0.1) is 28.2 Å². The van der Waals surface area contributed by atoms with E-state index >= 15 is 0 Å². The Balaban J connectivity index is 1.37. The van der Waals surface area contributed by atoms with Crippen molar-refractivity contribution in [2.45, 2.75) is 0 Å². The minimum atomic E-state index is 0.627. The lowest BCUT2D eigenvalue weighted by atomic mass is 10.0. The number of aromatic nitrogens is 3. The first-order chi connectivity index (χ1) is 19.8. The minimum absolute atomic E-state index is 0.627. The third kappa shape index (κ3) is 3.28. The summed E-state index contributed by atoms with van der Waals surface area (Å²) in [5, 5.41) is 14.2. The zero-order valence-electron chi connectivity index (χ0n) is 21.5. The van der Waals surface area contributed by atoms with Gasteiger partial charge in [0.1, 0.15) is 5.65 Å². The topological polar surface area (TPSA) is 46.5 Å². The summed E-state index contributed by atoms with van der Waals surface area (Å²) < 4.78 is 4.50. The molecule has 0 N–H and O–H groups in total. The number of para-hydroxylation sites is 2. The van der Waals surface area contributed by atoms with Crippen LogP contribution in [0.15, 0.2) is 134 Å². The van der Waals surface area contributed by atoms with Gasteiger partial charge < -0.3 is 4.57 Å². The highest BCUT2D eigenvalue weighted by Crippen LogP contribution is 2.37. The molecule has 4 nitrogen and oxygen atoms in total. The summed E-state index contributed by atoms with van der Waals surface area (Å²) in [5.74, 6) is 0. The molecule has 0 aliphatic heterocycles. The van der Waals surface area contributed by atoms with Crippen LogP contribution < -0.4 is 0 Å². The van der Waals surface area contributed by atoms with E-state index in [9.17, 15) is 5.26 Å². The van der Waals surface area contributed by atoms with Gasteiger partial charge >= 0.3 is 0 Å². The second kappa shape index (κ2) is 8.69. The van der Waals surface area contributed by atoms with Crippen LogP contribution >= 0.6 is 0 Å². The molecule has 0 aliphatic carbocycles. The summed E-state index contributed by atoms with van der Waals surface area (Å²) in [6.07, 6.45) is 1.82. The van der Waals surface area contributed by atoms with Gasteiger partial charge in [-0.25, -0.2) is 4.98 Å². The van der Waals surface area contributed by atoms with Crippen LogP contribution in [0.5, 0.6) is 0 Å². The molecule has 3 aromatic heterocycles. The fourth-order valence-corrected chi connectivity index (χ4v) is 6.01. The van der Waals surface area contributed by atoms with Gasteiger partial charge in [-0.15, -0.1) is 0 Å². The molecule has 0 spiro atoms. The molecule has 0 aliphatic rings. The molecule has 186 valence electrons. The zero-order chi connectivity index (χ0) is 26.6. The van der Waals surface area contributed by atoms with Gasteiger partial charge in [0.2, 0.25) is 0 Å². The maximum absolute atomic E-state index is 9.49. The monoisotopic (exact) mass is 510 g/mol. The standard InChI is InChI=1S/C36H22N4/c37-23-24-8-6-11-28(20-24)40-34-18-16-25(21-32(34)31-13-7-19-38-36(31)40)26-15-17-30-29-12-4-5-14-33(29)39(35(30)22-26)27-9-2-1-3-10-27/h1-22H. The van der Waals surface area contributed by atoms with Crippen molar-refractivity contribution in [3.63, 3.8) is 0 Å².